The van der Waals surface area contributed by atoms with E-state index in [4.69, 9.17) is 4.74 Å². The molecule has 134 valence electrons. The van der Waals surface area contributed by atoms with Crippen LogP contribution in [-0.4, -0.2) is 31.0 Å². The van der Waals surface area contributed by atoms with Crippen molar-refractivity contribution in [1.29, 1.82) is 0 Å². The van der Waals surface area contributed by atoms with E-state index >= 15 is 0 Å². The summed E-state index contributed by atoms with van der Waals surface area (Å²) in [4.78, 5) is 25.4. The second-order valence-electron chi connectivity index (χ2n) is 6.00. The first-order valence-electron chi connectivity index (χ1n) is 8.31. The van der Waals surface area contributed by atoms with Crippen LogP contribution in [0.4, 0.5) is 0 Å². The molecule has 2 aromatic rings. The summed E-state index contributed by atoms with van der Waals surface area (Å²) in [6, 6.07) is 11.5. The highest BCUT2D eigenvalue weighted by Gasteiger charge is 2.09. The molecule has 0 aliphatic heterocycles. The summed E-state index contributed by atoms with van der Waals surface area (Å²) in [6.07, 6.45) is 0.879. The zero-order chi connectivity index (χ0) is 18.2. The molecule has 0 radical (unpaired) electrons. The van der Waals surface area contributed by atoms with E-state index in [9.17, 15) is 9.59 Å². The van der Waals surface area contributed by atoms with Gasteiger partial charge in [0.25, 0.3) is 5.91 Å². The van der Waals surface area contributed by atoms with Crippen LogP contribution in [0.2, 0.25) is 0 Å². The summed E-state index contributed by atoms with van der Waals surface area (Å²) in [6.45, 7) is 6.42. The van der Waals surface area contributed by atoms with Crippen LogP contribution in [0.3, 0.4) is 0 Å². The number of rotatable bonds is 8. The van der Waals surface area contributed by atoms with Crippen molar-refractivity contribution < 1.29 is 14.3 Å². The largest absolute Gasteiger partial charge is 0.491 e. The van der Waals surface area contributed by atoms with Crippen LogP contribution in [0.25, 0.3) is 0 Å². The Bertz CT molecular complexity index is 708. The summed E-state index contributed by atoms with van der Waals surface area (Å²) >= 11 is 1.41. The number of hydrogen-bond donors (Lipinski definition) is 2. The van der Waals surface area contributed by atoms with Gasteiger partial charge in [-0.1, -0.05) is 12.1 Å². The lowest BCUT2D eigenvalue weighted by Crippen LogP contribution is -2.37. The van der Waals surface area contributed by atoms with Crippen molar-refractivity contribution in [3.8, 4) is 5.75 Å². The molecule has 0 saturated carbocycles. The summed E-state index contributed by atoms with van der Waals surface area (Å²) in [7, 11) is 0. The van der Waals surface area contributed by atoms with Crippen molar-refractivity contribution >= 4 is 23.2 Å². The third-order valence-corrected chi connectivity index (χ3v) is 4.40. The molecule has 25 heavy (non-hydrogen) atoms. The second-order valence-corrected chi connectivity index (χ2v) is 7.29. The van der Waals surface area contributed by atoms with Gasteiger partial charge in [0.1, 0.15) is 5.75 Å². The Morgan fingerprint density at radius 2 is 1.80 bits per heavy atom. The minimum Gasteiger partial charge on any atom is -0.491 e. The molecule has 2 rings (SSSR count). The maximum atomic E-state index is 11.9. The van der Waals surface area contributed by atoms with Gasteiger partial charge in [-0.15, -0.1) is 11.3 Å². The van der Waals surface area contributed by atoms with Crippen LogP contribution >= 0.6 is 11.3 Å². The van der Waals surface area contributed by atoms with Crippen LogP contribution in [0.15, 0.2) is 36.4 Å². The first kappa shape index (κ1) is 19.0. The molecule has 0 spiro atoms. The molecule has 6 heteroatoms. The quantitative estimate of drug-likeness (QED) is 0.761. The molecule has 1 aromatic carbocycles. The maximum Gasteiger partial charge on any atom is 0.261 e. The van der Waals surface area contributed by atoms with E-state index in [1.165, 1.54) is 11.3 Å². The third-order valence-electron chi connectivity index (χ3n) is 3.40. The number of hydrogen-bond acceptors (Lipinski definition) is 4. The van der Waals surface area contributed by atoms with Gasteiger partial charge in [0.2, 0.25) is 5.91 Å². The number of nitrogens with one attached hydrogen (secondary N) is 2. The van der Waals surface area contributed by atoms with E-state index in [1.54, 1.807) is 6.07 Å². The van der Waals surface area contributed by atoms with Crippen LogP contribution in [0.1, 0.15) is 34.0 Å². The van der Waals surface area contributed by atoms with Gasteiger partial charge < -0.3 is 15.4 Å². The van der Waals surface area contributed by atoms with E-state index in [1.807, 2.05) is 51.1 Å². The lowest BCUT2D eigenvalue weighted by molar-refractivity contribution is -0.120. The van der Waals surface area contributed by atoms with E-state index in [0.717, 1.165) is 22.6 Å². The fraction of sp³-hybridized carbons (Fsp3) is 0.368. The van der Waals surface area contributed by atoms with Crippen molar-refractivity contribution in [2.75, 3.05) is 13.1 Å². The Kier molecular flexibility index (Phi) is 7.01. The summed E-state index contributed by atoms with van der Waals surface area (Å²) in [5.41, 5.74) is 1.12. The zero-order valence-corrected chi connectivity index (χ0v) is 15.6. The minimum absolute atomic E-state index is 0.0169. The van der Waals surface area contributed by atoms with Gasteiger partial charge in [-0.05, 0) is 57.0 Å². The van der Waals surface area contributed by atoms with Crippen molar-refractivity contribution in [2.24, 2.45) is 0 Å². The number of carbonyl (C=O) groups excluding carboxylic acids is 2. The van der Waals surface area contributed by atoms with Crippen LogP contribution in [0.5, 0.6) is 5.75 Å². The minimum atomic E-state index is -0.214. The summed E-state index contributed by atoms with van der Waals surface area (Å²) in [5, 5.41) is 5.44. The molecule has 0 bridgehead atoms. The normalized spacial score (nSPS) is 10.6. The fourth-order valence-electron chi connectivity index (χ4n) is 2.22. The molecule has 0 saturated heterocycles. The number of carbonyl (C=O) groups is 2. The van der Waals surface area contributed by atoms with E-state index < -0.39 is 0 Å². The Morgan fingerprint density at radius 1 is 1.08 bits per heavy atom. The van der Waals surface area contributed by atoms with Gasteiger partial charge in [-0.25, -0.2) is 0 Å². The van der Waals surface area contributed by atoms with Crippen molar-refractivity contribution in [1.82, 2.24) is 10.6 Å². The molecule has 0 fully saturated rings. The third kappa shape index (κ3) is 6.58. The number of thiophene rings is 1. The lowest BCUT2D eigenvalue weighted by Gasteiger charge is -2.10. The second kappa shape index (κ2) is 9.22. The highest BCUT2D eigenvalue weighted by molar-refractivity contribution is 7.13. The lowest BCUT2D eigenvalue weighted by atomic mass is 10.1. The molecular weight excluding hydrogens is 336 g/mol. The highest BCUT2D eigenvalue weighted by atomic mass is 32.1. The topological polar surface area (TPSA) is 67.4 Å². The van der Waals surface area contributed by atoms with Crippen LogP contribution in [0, 0.1) is 6.92 Å². The predicted molar refractivity (Wildman–Crippen MR) is 100 cm³/mol. The summed E-state index contributed by atoms with van der Waals surface area (Å²) in [5.74, 6) is 0.435. The molecule has 1 heterocycles. The average molecular weight is 360 g/mol. The van der Waals surface area contributed by atoms with E-state index in [2.05, 4.69) is 10.6 Å². The molecule has 0 aliphatic carbocycles. The van der Waals surface area contributed by atoms with Gasteiger partial charge in [0.15, 0.2) is 0 Å². The van der Waals surface area contributed by atoms with Crippen molar-refractivity contribution in [2.45, 2.75) is 33.3 Å². The molecular formula is C19H24N2O3S. The highest BCUT2D eigenvalue weighted by Crippen LogP contribution is 2.15. The fourth-order valence-corrected chi connectivity index (χ4v) is 3.00. The maximum absolute atomic E-state index is 11.9. The van der Waals surface area contributed by atoms with Gasteiger partial charge in [0, 0.05) is 11.4 Å². The molecule has 0 unspecified atom stereocenters. The van der Waals surface area contributed by atoms with Crippen LogP contribution in [-0.2, 0) is 11.2 Å². The SMILES string of the molecule is Cc1ccc(C(=O)NCC(=O)NCCc2ccc(OC(C)C)cc2)s1. The van der Waals surface area contributed by atoms with Gasteiger partial charge in [0.05, 0.1) is 17.5 Å². The summed E-state index contributed by atoms with van der Waals surface area (Å²) < 4.78 is 5.60. The molecule has 5 nitrogen and oxygen atoms in total. The number of ether oxygens (including phenoxy) is 1. The predicted octanol–water partition coefficient (Wildman–Crippen LogP) is 2.93. The van der Waals surface area contributed by atoms with Gasteiger partial charge in [-0.2, -0.15) is 0 Å². The molecule has 1 aromatic heterocycles. The monoisotopic (exact) mass is 360 g/mol. The number of aryl methyl sites for hydroxylation is 1. The first-order valence-corrected chi connectivity index (χ1v) is 9.12. The average Bonchev–Trinajstić information content (AvgIpc) is 3.00. The molecule has 2 N–H and O–H groups in total. The van der Waals surface area contributed by atoms with Gasteiger partial charge >= 0.3 is 0 Å². The Labute approximate surface area is 152 Å². The van der Waals surface area contributed by atoms with E-state index in [-0.39, 0.29) is 24.5 Å². The Morgan fingerprint density at radius 3 is 2.40 bits per heavy atom. The Balaban J connectivity index is 1.67. The number of amides is 2. The molecule has 0 atom stereocenters. The van der Waals surface area contributed by atoms with E-state index in [0.29, 0.717) is 11.4 Å². The molecule has 0 aliphatic rings. The van der Waals surface area contributed by atoms with Gasteiger partial charge in [-0.3, -0.25) is 9.59 Å². The smallest absolute Gasteiger partial charge is 0.261 e. The molecule has 2 amide bonds. The van der Waals surface area contributed by atoms with Crippen molar-refractivity contribution in [3.05, 3.63) is 51.7 Å². The standard InChI is InChI=1S/C19H24N2O3S/c1-13(2)24-16-7-5-15(6-8-16)10-11-20-18(22)12-21-19(23)17-9-4-14(3)25-17/h4-9,13H,10-12H2,1-3H3,(H,20,22)(H,21,23). The zero-order valence-electron chi connectivity index (χ0n) is 14.8. The number of benzene rings is 1. The van der Waals surface area contributed by atoms with Crippen molar-refractivity contribution in [3.63, 3.8) is 0 Å². The van der Waals surface area contributed by atoms with Crippen LogP contribution < -0.4 is 15.4 Å². The first-order chi connectivity index (χ1) is 11.9. The Hall–Kier alpha value is -2.34.